The van der Waals surface area contributed by atoms with Crippen molar-refractivity contribution in [2.45, 2.75) is 61.5 Å². The summed E-state index contributed by atoms with van der Waals surface area (Å²) in [6, 6.07) is 0. The van der Waals surface area contributed by atoms with Gasteiger partial charge in [0, 0.05) is 6.42 Å². The number of aliphatic hydroxyl groups is 1. The van der Waals surface area contributed by atoms with E-state index < -0.39 is 61.5 Å². The molecular formula is C11H7F15O5. The molecule has 0 aromatic heterocycles. The van der Waals surface area contributed by atoms with E-state index in [0.29, 0.717) is 0 Å². The first-order valence-corrected chi connectivity index (χ1v) is 7.11. The lowest BCUT2D eigenvalue weighted by atomic mass is 10.2. The van der Waals surface area contributed by atoms with Crippen molar-refractivity contribution in [1.82, 2.24) is 0 Å². The second-order valence-electron chi connectivity index (χ2n) is 5.66. The van der Waals surface area contributed by atoms with Crippen molar-refractivity contribution in [2.24, 2.45) is 0 Å². The summed E-state index contributed by atoms with van der Waals surface area (Å²) in [6.45, 7) is -0.271. The number of aliphatic hydroxyl groups excluding tert-OH is 1. The van der Waals surface area contributed by atoms with Gasteiger partial charge in [-0.05, 0) is 0 Å². The summed E-state index contributed by atoms with van der Waals surface area (Å²) >= 11 is 0. The lowest BCUT2D eigenvalue weighted by Gasteiger charge is -2.35. The molecule has 0 spiro atoms. The molecule has 1 aliphatic heterocycles. The summed E-state index contributed by atoms with van der Waals surface area (Å²) < 4.78 is 200. The number of ether oxygens (including phenoxy) is 4. The standard InChI is InChI=1S/C11H7F15O5/c12-5(13,4(27)1-3-2-28-3)29-8(19,20)9(21,22)31-11(25,26)10(23,24)30-7(17,18)6(14,15)16/h3-4,27H,1-2H2. The molecule has 2 atom stereocenters. The van der Waals surface area contributed by atoms with Gasteiger partial charge in [0.1, 0.15) is 6.10 Å². The molecule has 20 heteroatoms. The summed E-state index contributed by atoms with van der Waals surface area (Å²) in [5.74, 6) is 0. The van der Waals surface area contributed by atoms with E-state index in [-0.39, 0.29) is 6.61 Å². The van der Waals surface area contributed by atoms with E-state index in [1.165, 1.54) is 4.74 Å². The fourth-order valence-electron chi connectivity index (χ4n) is 1.45. The van der Waals surface area contributed by atoms with Gasteiger partial charge in [0.2, 0.25) is 0 Å². The quantitative estimate of drug-likeness (QED) is 0.336. The number of epoxide rings is 1. The molecule has 0 bridgehead atoms. The number of hydrogen-bond acceptors (Lipinski definition) is 5. The van der Waals surface area contributed by atoms with Crippen LogP contribution in [0.5, 0.6) is 0 Å². The molecular weight excluding hydrogens is 497 g/mol. The van der Waals surface area contributed by atoms with Gasteiger partial charge in [-0.1, -0.05) is 0 Å². The lowest BCUT2D eigenvalue weighted by molar-refractivity contribution is -0.568. The zero-order valence-corrected chi connectivity index (χ0v) is 13.8. The van der Waals surface area contributed by atoms with Gasteiger partial charge in [-0.15, -0.1) is 0 Å². The first-order valence-electron chi connectivity index (χ1n) is 7.11. The molecule has 1 heterocycles. The molecule has 0 amide bonds. The smallest absolute Gasteiger partial charge is 0.384 e. The molecule has 1 aliphatic rings. The van der Waals surface area contributed by atoms with Gasteiger partial charge in [-0.3, -0.25) is 0 Å². The molecule has 0 aromatic rings. The minimum atomic E-state index is -7.40. The molecule has 2 unspecified atom stereocenters. The SMILES string of the molecule is OC(CC1CO1)C(F)(F)OC(F)(F)C(F)(F)OC(F)(F)C(F)(F)OC(F)(F)C(F)(F)F. The summed E-state index contributed by atoms with van der Waals surface area (Å²) in [6.07, 6.45) is -54.5. The van der Waals surface area contributed by atoms with Crippen LogP contribution in [0.2, 0.25) is 0 Å². The first-order chi connectivity index (χ1) is 13.4. The maximum atomic E-state index is 13.3. The van der Waals surface area contributed by atoms with Crippen LogP contribution in [0.25, 0.3) is 0 Å². The Balaban J connectivity index is 3.02. The molecule has 31 heavy (non-hydrogen) atoms. The molecule has 186 valence electrons. The fraction of sp³-hybridized carbons (Fsp3) is 1.00. The molecule has 0 radical (unpaired) electrons. The number of hydrogen-bond donors (Lipinski definition) is 1. The minimum Gasteiger partial charge on any atom is -0.384 e. The maximum absolute atomic E-state index is 13.3. The Morgan fingerprint density at radius 1 is 0.645 bits per heavy atom. The van der Waals surface area contributed by atoms with E-state index in [2.05, 4.69) is 9.47 Å². The lowest BCUT2D eigenvalue weighted by Crippen LogP contribution is -2.59. The predicted octanol–water partition coefficient (Wildman–Crippen LogP) is 4.31. The van der Waals surface area contributed by atoms with Crippen molar-refractivity contribution in [3.05, 3.63) is 0 Å². The molecule has 1 N–H and O–H groups in total. The van der Waals surface area contributed by atoms with Gasteiger partial charge in [-0.2, -0.15) is 65.9 Å². The molecule has 0 aromatic carbocycles. The normalized spacial score (nSPS) is 20.7. The van der Waals surface area contributed by atoms with E-state index in [4.69, 9.17) is 5.11 Å². The van der Waals surface area contributed by atoms with Gasteiger partial charge in [0.25, 0.3) is 0 Å². The molecule has 1 saturated heterocycles. The van der Waals surface area contributed by atoms with Crippen LogP contribution in [0.3, 0.4) is 0 Å². The highest BCUT2D eigenvalue weighted by atomic mass is 19.4. The number of rotatable bonds is 11. The second-order valence-corrected chi connectivity index (χ2v) is 5.66. The fourth-order valence-corrected chi connectivity index (χ4v) is 1.45. The van der Waals surface area contributed by atoms with Crippen molar-refractivity contribution >= 4 is 0 Å². The zero-order chi connectivity index (χ0) is 24.9. The van der Waals surface area contributed by atoms with Crippen molar-refractivity contribution in [3.63, 3.8) is 0 Å². The van der Waals surface area contributed by atoms with Crippen LogP contribution in [-0.4, -0.2) is 66.7 Å². The average Bonchev–Trinajstić information content (AvgIpc) is 3.26. The van der Waals surface area contributed by atoms with E-state index in [1.807, 2.05) is 0 Å². The third-order valence-corrected chi connectivity index (χ3v) is 3.06. The van der Waals surface area contributed by atoms with Gasteiger partial charge >= 0.3 is 42.8 Å². The van der Waals surface area contributed by atoms with E-state index in [0.717, 1.165) is 0 Å². The number of alkyl halides is 15. The summed E-state index contributed by atoms with van der Waals surface area (Å²) in [5.41, 5.74) is 0. The van der Waals surface area contributed by atoms with E-state index in [1.54, 1.807) is 4.74 Å². The van der Waals surface area contributed by atoms with Gasteiger partial charge in [-0.25, -0.2) is 14.2 Å². The van der Waals surface area contributed by atoms with Crippen LogP contribution in [0, 0.1) is 0 Å². The Morgan fingerprint density at radius 2 is 0.968 bits per heavy atom. The van der Waals surface area contributed by atoms with Crippen LogP contribution in [-0.2, 0) is 18.9 Å². The van der Waals surface area contributed by atoms with Gasteiger partial charge in [0.15, 0.2) is 0 Å². The molecule has 0 saturated carbocycles. The molecule has 1 fully saturated rings. The topological polar surface area (TPSA) is 60.5 Å². The Labute approximate surface area is 159 Å². The largest absolute Gasteiger partial charge is 0.483 e. The van der Waals surface area contributed by atoms with Crippen LogP contribution in [0.1, 0.15) is 6.42 Å². The molecule has 1 rings (SSSR count). The Kier molecular flexibility index (Phi) is 7.13. The summed E-state index contributed by atoms with van der Waals surface area (Å²) in [4.78, 5) is 0. The summed E-state index contributed by atoms with van der Waals surface area (Å²) in [7, 11) is 0. The third-order valence-electron chi connectivity index (χ3n) is 3.06. The zero-order valence-electron chi connectivity index (χ0n) is 13.8. The van der Waals surface area contributed by atoms with Gasteiger partial charge in [0.05, 0.1) is 12.7 Å². The van der Waals surface area contributed by atoms with Crippen LogP contribution in [0.4, 0.5) is 65.9 Å². The van der Waals surface area contributed by atoms with Crippen molar-refractivity contribution in [2.75, 3.05) is 6.61 Å². The highest BCUT2D eigenvalue weighted by Gasteiger charge is 2.76. The van der Waals surface area contributed by atoms with Crippen molar-refractivity contribution in [1.29, 1.82) is 0 Å². The van der Waals surface area contributed by atoms with Crippen LogP contribution < -0.4 is 0 Å². The van der Waals surface area contributed by atoms with Gasteiger partial charge < -0.3 is 9.84 Å². The first kappa shape index (κ1) is 27.8. The highest BCUT2D eigenvalue weighted by molar-refractivity contribution is 4.82. The maximum Gasteiger partial charge on any atom is 0.483 e. The average molecular weight is 504 g/mol. The second kappa shape index (κ2) is 7.96. The van der Waals surface area contributed by atoms with Crippen molar-refractivity contribution in [3.8, 4) is 0 Å². The Bertz CT molecular complexity index is 629. The molecule has 5 nitrogen and oxygen atoms in total. The van der Waals surface area contributed by atoms with Crippen LogP contribution in [0.15, 0.2) is 0 Å². The monoisotopic (exact) mass is 504 g/mol. The van der Waals surface area contributed by atoms with Crippen LogP contribution >= 0.6 is 0 Å². The minimum absolute atomic E-state index is 0.271. The number of halogens is 15. The Morgan fingerprint density at radius 3 is 1.29 bits per heavy atom. The Hall–Kier alpha value is -1.25. The van der Waals surface area contributed by atoms with Crippen molar-refractivity contribution < 1.29 is 89.9 Å². The predicted molar refractivity (Wildman–Crippen MR) is 59.4 cm³/mol. The van der Waals surface area contributed by atoms with E-state index in [9.17, 15) is 65.9 Å². The summed E-state index contributed by atoms with van der Waals surface area (Å²) in [5, 5.41) is 8.93. The molecule has 0 aliphatic carbocycles. The van der Waals surface area contributed by atoms with E-state index >= 15 is 0 Å². The highest BCUT2D eigenvalue weighted by Crippen LogP contribution is 2.50. The third kappa shape index (κ3) is 6.39.